The van der Waals surface area contributed by atoms with Crippen LogP contribution in [0, 0.1) is 12.8 Å². The van der Waals surface area contributed by atoms with Gasteiger partial charge in [0.05, 0.1) is 27.0 Å². The number of hydrogen-bond acceptors (Lipinski definition) is 5. The molecule has 2 N–H and O–H groups in total. The van der Waals surface area contributed by atoms with Crippen LogP contribution in [0.3, 0.4) is 0 Å². The average Bonchev–Trinajstić information content (AvgIpc) is 2.82. The quantitative estimate of drug-likeness (QED) is 0.629. The maximum Gasteiger partial charge on any atom is 0.321 e. The van der Waals surface area contributed by atoms with Crippen molar-refractivity contribution >= 4 is 17.6 Å². The fraction of sp³-hybridized carbons (Fsp3) is 0.440. The van der Waals surface area contributed by atoms with Crippen molar-refractivity contribution in [1.29, 1.82) is 0 Å². The van der Waals surface area contributed by atoms with Crippen molar-refractivity contribution in [3.63, 3.8) is 0 Å². The Morgan fingerprint density at radius 2 is 1.67 bits per heavy atom. The van der Waals surface area contributed by atoms with Crippen LogP contribution in [0.5, 0.6) is 17.2 Å². The van der Waals surface area contributed by atoms with Crippen LogP contribution in [0.1, 0.15) is 30.4 Å². The minimum Gasteiger partial charge on any atom is -0.493 e. The molecule has 0 unspecified atom stereocenters. The lowest BCUT2D eigenvalue weighted by Crippen LogP contribution is -2.41. The first kappa shape index (κ1) is 24.2. The van der Waals surface area contributed by atoms with E-state index in [1.54, 1.807) is 17.0 Å². The highest BCUT2D eigenvalue weighted by Crippen LogP contribution is 2.40. The summed E-state index contributed by atoms with van der Waals surface area (Å²) in [6.45, 7) is 3.78. The number of carbonyl (C=O) groups is 2. The number of piperidine rings is 1. The van der Waals surface area contributed by atoms with E-state index in [1.807, 2.05) is 25.1 Å². The van der Waals surface area contributed by atoms with Gasteiger partial charge in [0, 0.05) is 38.2 Å². The van der Waals surface area contributed by atoms with Crippen molar-refractivity contribution in [3.8, 4) is 17.2 Å². The van der Waals surface area contributed by atoms with Crippen molar-refractivity contribution in [2.45, 2.75) is 32.7 Å². The maximum atomic E-state index is 12.8. The van der Waals surface area contributed by atoms with E-state index >= 15 is 0 Å². The van der Waals surface area contributed by atoms with Gasteiger partial charge in [0.2, 0.25) is 11.7 Å². The Hall–Kier alpha value is -3.42. The summed E-state index contributed by atoms with van der Waals surface area (Å²) in [5.74, 6) is 1.74. The molecule has 178 valence electrons. The first-order valence-corrected chi connectivity index (χ1v) is 11.1. The third-order valence-corrected chi connectivity index (χ3v) is 5.86. The van der Waals surface area contributed by atoms with E-state index in [0.29, 0.717) is 49.0 Å². The van der Waals surface area contributed by atoms with Crippen molar-refractivity contribution in [2.75, 3.05) is 39.7 Å². The Kier molecular flexibility index (Phi) is 8.40. The second-order valence-corrected chi connectivity index (χ2v) is 8.24. The van der Waals surface area contributed by atoms with Gasteiger partial charge in [-0.15, -0.1) is 0 Å². The summed E-state index contributed by atoms with van der Waals surface area (Å²) >= 11 is 0. The normalized spacial score (nSPS) is 13.9. The largest absolute Gasteiger partial charge is 0.493 e. The van der Waals surface area contributed by atoms with Crippen LogP contribution < -0.4 is 24.8 Å². The number of amides is 3. The number of rotatable bonds is 8. The average molecular weight is 456 g/mol. The van der Waals surface area contributed by atoms with Crippen molar-refractivity contribution < 1.29 is 23.8 Å². The number of nitrogens with zero attached hydrogens (tertiary/aromatic N) is 1. The number of likely N-dealkylation sites (tertiary alicyclic amines) is 1. The minimum absolute atomic E-state index is 0.0526. The SMILES string of the molecule is COc1cc(NC(=O)N2CCC(CC(=O)NCc3cccc(C)c3)CC2)cc(OC)c1OC. The third kappa shape index (κ3) is 6.54. The number of carbonyl (C=O) groups excluding carboxylic acids is 2. The topological polar surface area (TPSA) is 89.1 Å². The molecule has 1 aliphatic heterocycles. The van der Waals surface area contributed by atoms with Gasteiger partial charge in [-0.1, -0.05) is 29.8 Å². The van der Waals surface area contributed by atoms with Gasteiger partial charge in [-0.25, -0.2) is 4.79 Å². The highest BCUT2D eigenvalue weighted by atomic mass is 16.5. The molecule has 0 spiro atoms. The van der Waals surface area contributed by atoms with Gasteiger partial charge in [0.1, 0.15) is 0 Å². The van der Waals surface area contributed by atoms with Crippen LogP contribution in [-0.4, -0.2) is 51.3 Å². The fourth-order valence-electron chi connectivity index (χ4n) is 4.05. The summed E-state index contributed by atoms with van der Waals surface area (Å²) in [6, 6.07) is 11.3. The lowest BCUT2D eigenvalue weighted by Gasteiger charge is -2.31. The Morgan fingerprint density at radius 1 is 1.00 bits per heavy atom. The number of urea groups is 1. The van der Waals surface area contributed by atoms with Gasteiger partial charge in [-0.05, 0) is 31.2 Å². The van der Waals surface area contributed by atoms with Crippen LogP contribution in [0.2, 0.25) is 0 Å². The summed E-state index contributed by atoms with van der Waals surface area (Å²) in [6.07, 6.45) is 2.06. The number of aryl methyl sites for hydroxylation is 1. The molecule has 3 rings (SSSR count). The zero-order chi connectivity index (χ0) is 23.8. The molecular formula is C25H33N3O5. The molecule has 0 radical (unpaired) electrons. The molecule has 33 heavy (non-hydrogen) atoms. The fourth-order valence-corrected chi connectivity index (χ4v) is 4.05. The van der Waals surface area contributed by atoms with E-state index in [2.05, 4.69) is 16.7 Å². The molecule has 2 aromatic carbocycles. The predicted molar refractivity (Wildman–Crippen MR) is 127 cm³/mol. The predicted octanol–water partition coefficient (Wildman–Crippen LogP) is 3.97. The minimum atomic E-state index is -0.188. The van der Waals surface area contributed by atoms with Crippen molar-refractivity contribution in [2.24, 2.45) is 5.92 Å². The van der Waals surface area contributed by atoms with Gasteiger partial charge < -0.3 is 29.7 Å². The molecule has 0 aromatic heterocycles. The highest BCUT2D eigenvalue weighted by Gasteiger charge is 2.25. The molecule has 1 saturated heterocycles. The summed E-state index contributed by atoms with van der Waals surface area (Å²) in [7, 11) is 4.60. The Bertz CT molecular complexity index is 945. The standard InChI is InChI=1S/C25H33N3O5/c1-17-6-5-7-19(12-17)16-26-23(29)13-18-8-10-28(11-9-18)25(30)27-20-14-21(31-2)24(33-4)22(15-20)32-3/h5-7,12,14-15,18H,8-11,13,16H2,1-4H3,(H,26,29)(H,27,30). The lowest BCUT2D eigenvalue weighted by atomic mass is 9.93. The van der Waals surface area contributed by atoms with E-state index in [-0.39, 0.29) is 17.9 Å². The van der Waals surface area contributed by atoms with Gasteiger partial charge >= 0.3 is 6.03 Å². The van der Waals surface area contributed by atoms with Gasteiger partial charge in [-0.2, -0.15) is 0 Å². The van der Waals surface area contributed by atoms with Gasteiger partial charge in [-0.3, -0.25) is 4.79 Å². The van der Waals surface area contributed by atoms with E-state index in [1.165, 1.54) is 26.9 Å². The molecule has 3 amide bonds. The molecular weight excluding hydrogens is 422 g/mol. The second-order valence-electron chi connectivity index (χ2n) is 8.24. The molecule has 1 fully saturated rings. The Labute approximate surface area is 195 Å². The monoisotopic (exact) mass is 455 g/mol. The molecule has 1 heterocycles. The van der Waals surface area contributed by atoms with Gasteiger partial charge in [0.15, 0.2) is 11.5 Å². The molecule has 8 heteroatoms. The Morgan fingerprint density at radius 3 is 2.24 bits per heavy atom. The smallest absolute Gasteiger partial charge is 0.321 e. The first-order valence-electron chi connectivity index (χ1n) is 11.1. The third-order valence-electron chi connectivity index (χ3n) is 5.86. The van der Waals surface area contributed by atoms with E-state index in [4.69, 9.17) is 14.2 Å². The number of benzene rings is 2. The zero-order valence-electron chi connectivity index (χ0n) is 19.8. The maximum absolute atomic E-state index is 12.8. The number of hydrogen-bond donors (Lipinski definition) is 2. The molecule has 0 saturated carbocycles. The molecule has 2 aromatic rings. The lowest BCUT2D eigenvalue weighted by molar-refractivity contribution is -0.122. The number of nitrogens with one attached hydrogen (secondary N) is 2. The summed E-state index contributed by atoms with van der Waals surface area (Å²) in [5.41, 5.74) is 2.84. The van der Waals surface area contributed by atoms with E-state index in [0.717, 1.165) is 18.4 Å². The number of methoxy groups -OCH3 is 3. The van der Waals surface area contributed by atoms with E-state index in [9.17, 15) is 9.59 Å². The summed E-state index contributed by atoms with van der Waals surface area (Å²) < 4.78 is 16.0. The summed E-state index contributed by atoms with van der Waals surface area (Å²) in [5, 5.41) is 5.91. The van der Waals surface area contributed by atoms with Crippen LogP contribution in [0.4, 0.5) is 10.5 Å². The number of anilines is 1. The highest BCUT2D eigenvalue weighted by molar-refractivity contribution is 5.90. The first-order chi connectivity index (χ1) is 15.9. The summed E-state index contributed by atoms with van der Waals surface area (Å²) in [4.78, 5) is 26.9. The van der Waals surface area contributed by atoms with Crippen LogP contribution >= 0.6 is 0 Å². The van der Waals surface area contributed by atoms with Crippen molar-refractivity contribution in [3.05, 3.63) is 47.5 Å². The van der Waals surface area contributed by atoms with Gasteiger partial charge in [0.25, 0.3) is 0 Å². The van der Waals surface area contributed by atoms with Crippen LogP contribution in [0.15, 0.2) is 36.4 Å². The van der Waals surface area contributed by atoms with E-state index < -0.39 is 0 Å². The molecule has 0 bridgehead atoms. The molecule has 8 nitrogen and oxygen atoms in total. The molecule has 1 aliphatic rings. The molecule has 0 aliphatic carbocycles. The second kappa shape index (κ2) is 11.4. The van der Waals surface area contributed by atoms with Crippen molar-refractivity contribution in [1.82, 2.24) is 10.2 Å². The number of ether oxygens (including phenoxy) is 3. The Balaban J connectivity index is 1.47. The van der Waals surface area contributed by atoms with Crippen LogP contribution in [-0.2, 0) is 11.3 Å². The van der Waals surface area contributed by atoms with Crippen LogP contribution in [0.25, 0.3) is 0 Å². The zero-order valence-corrected chi connectivity index (χ0v) is 19.8. The molecule has 0 atom stereocenters.